The highest BCUT2D eigenvalue weighted by Gasteiger charge is 2.35. The third-order valence-electron chi connectivity index (χ3n) is 4.48. The Morgan fingerprint density at radius 1 is 1.32 bits per heavy atom. The zero-order valence-corrected chi connectivity index (χ0v) is 12.3. The lowest BCUT2D eigenvalue weighted by atomic mass is 9.89. The summed E-state index contributed by atoms with van der Waals surface area (Å²) >= 11 is 0. The molecule has 2 unspecified atom stereocenters. The number of hydrogen-bond acceptors (Lipinski definition) is 3. The van der Waals surface area contributed by atoms with Gasteiger partial charge in [-0.3, -0.25) is 4.79 Å². The Morgan fingerprint density at radius 3 is 2.53 bits per heavy atom. The van der Waals surface area contributed by atoms with Crippen molar-refractivity contribution in [1.29, 1.82) is 0 Å². The molecule has 2 atom stereocenters. The molecule has 0 aromatic heterocycles. The summed E-state index contributed by atoms with van der Waals surface area (Å²) in [4.78, 5) is 14.8. The fourth-order valence-electron chi connectivity index (χ4n) is 3.35. The minimum absolute atomic E-state index is 0.0807. The average Bonchev–Trinajstić information content (AvgIpc) is 2.83. The molecule has 0 aromatic carbocycles. The summed E-state index contributed by atoms with van der Waals surface area (Å²) in [6, 6.07) is 0.743. The van der Waals surface area contributed by atoms with Gasteiger partial charge >= 0.3 is 0 Å². The highest BCUT2D eigenvalue weighted by molar-refractivity contribution is 5.79. The van der Waals surface area contributed by atoms with E-state index < -0.39 is 0 Å². The first kappa shape index (κ1) is 14.8. The minimum Gasteiger partial charge on any atom is -0.378 e. The molecule has 1 saturated heterocycles. The first-order valence-electron chi connectivity index (χ1n) is 7.79. The lowest BCUT2D eigenvalue weighted by molar-refractivity contribution is -0.138. The van der Waals surface area contributed by atoms with E-state index >= 15 is 0 Å². The average molecular weight is 268 g/mol. The summed E-state index contributed by atoms with van der Waals surface area (Å²) in [5, 5.41) is 0. The monoisotopic (exact) mass is 268 g/mol. The molecule has 110 valence electrons. The van der Waals surface area contributed by atoms with Gasteiger partial charge in [0.1, 0.15) is 0 Å². The second-order valence-corrected chi connectivity index (χ2v) is 6.18. The Balaban J connectivity index is 1.96. The largest absolute Gasteiger partial charge is 0.378 e. The van der Waals surface area contributed by atoms with Crippen LogP contribution in [0.3, 0.4) is 0 Å². The number of hydrogen-bond donors (Lipinski definition) is 1. The van der Waals surface area contributed by atoms with Crippen molar-refractivity contribution in [2.75, 3.05) is 13.2 Å². The van der Waals surface area contributed by atoms with Gasteiger partial charge in [-0.25, -0.2) is 0 Å². The normalized spacial score (nSPS) is 35.3. The molecule has 4 heteroatoms. The van der Waals surface area contributed by atoms with Gasteiger partial charge in [0, 0.05) is 18.6 Å². The zero-order chi connectivity index (χ0) is 13.8. The maximum Gasteiger partial charge on any atom is 0.228 e. The van der Waals surface area contributed by atoms with E-state index in [-0.39, 0.29) is 12.0 Å². The van der Waals surface area contributed by atoms with E-state index in [2.05, 4.69) is 18.7 Å². The maximum absolute atomic E-state index is 12.7. The number of carbonyl (C=O) groups excluding carboxylic acids is 1. The van der Waals surface area contributed by atoms with Gasteiger partial charge < -0.3 is 15.4 Å². The van der Waals surface area contributed by atoms with Crippen molar-refractivity contribution in [3.8, 4) is 0 Å². The lowest BCUT2D eigenvalue weighted by Crippen LogP contribution is -2.47. The molecule has 19 heavy (non-hydrogen) atoms. The highest BCUT2D eigenvalue weighted by atomic mass is 16.5. The molecular weight excluding hydrogens is 240 g/mol. The van der Waals surface area contributed by atoms with Gasteiger partial charge in [-0.2, -0.15) is 0 Å². The van der Waals surface area contributed by atoms with E-state index in [1.807, 2.05) is 0 Å². The van der Waals surface area contributed by atoms with Crippen LogP contribution in [0.5, 0.6) is 0 Å². The molecule has 1 saturated carbocycles. The van der Waals surface area contributed by atoms with Crippen LogP contribution < -0.4 is 5.73 Å². The Labute approximate surface area is 116 Å². The van der Waals surface area contributed by atoms with Crippen LogP contribution in [-0.2, 0) is 9.53 Å². The molecule has 1 aliphatic heterocycles. The zero-order valence-electron chi connectivity index (χ0n) is 12.3. The molecule has 2 N–H and O–H groups in total. The van der Waals surface area contributed by atoms with Gasteiger partial charge in [0.25, 0.3) is 0 Å². The molecule has 0 spiro atoms. The lowest BCUT2D eigenvalue weighted by Gasteiger charge is -2.37. The SMILES string of the molecule is CCCN(C(=O)C1COC(C)C1)C1CCC(N)CC1. The second-order valence-electron chi connectivity index (χ2n) is 6.18. The standard InChI is InChI=1S/C15H28N2O2/c1-3-8-17(14-6-4-13(16)5-7-14)15(18)12-9-11(2)19-10-12/h11-14H,3-10,16H2,1-2H3. The number of carbonyl (C=O) groups is 1. The molecule has 1 amide bonds. The van der Waals surface area contributed by atoms with Gasteiger partial charge in [0.2, 0.25) is 5.91 Å². The fourth-order valence-corrected chi connectivity index (χ4v) is 3.35. The third-order valence-corrected chi connectivity index (χ3v) is 4.48. The molecule has 0 bridgehead atoms. The predicted molar refractivity (Wildman–Crippen MR) is 75.8 cm³/mol. The number of amides is 1. The van der Waals surface area contributed by atoms with E-state index in [1.54, 1.807) is 0 Å². The third kappa shape index (κ3) is 3.69. The summed E-state index contributed by atoms with van der Waals surface area (Å²) in [6.45, 7) is 5.68. The van der Waals surface area contributed by atoms with Gasteiger partial charge in [-0.15, -0.1) is 0 Å². The van der Waals surface area contributed by atoms with Crippen LogP contribution in [0.1, 0.15) is 52.4 Å². The van der Waals surface area contributed by atoms with Crippen molar-refractivity contribution in [2.24, 2.45) is 11.7 Å². The summed E-state index contributed by atoms with van der Waals surface area (Å²) in [5.41, 5.74) is 5.96. The summed E-state index contributed by atoms with van der Waals surface area (Å²) in [7, 11) is 0. The van der Waals surface area contributed by atoms with Gasteiger partial charge in [-0.1, -0.05) is 6.92 Å². The predicted octanol–water partition coefficient (Wildman–Crippen LogP) is 1.92. The number of ether oxygens (including phenoxy) is 1. The van der Waals surface area contributed by atoms with Crippen LogP contribution in [0, 0.1) is 5.92 Å². The molecule has 1 aliphatic carbocycles. The van der Waals surface area contributed by atoms with Crippen LogP contribution in [-0.4, -0.2) is 42.1 Å². The number of nitrogens with two attached hydrogens (primary N) is 1. The molecule has 0 aromatic rings. The van der Waals surface area contributed by atoms with Crippen molar-refractivity contribution in [3.63, 3.8) is 0 Å². The Morgan fingerprint density at radius 2 is 2.00 bits per heavy atom. The van der Waals surface area contributed by atoms with E-state index in [0.29, 0.717) is 24.6 Å². The first-order chi connectivity index (χ1) is 9.11. The van der Waals surface area contributed by atoms with E-state index in [1.165, 1.54) is 0 Å². The molecule has 2 aliphatic rings. The Bertz CT molecular complexity index is 301. The van der Waals surface area contributed by atoms with Crippen LogP contribution in [0.2, 0.25) is 0 Å². The summed E-state index contributed by atoms with van der Waals surface area (Å²) < 4.78 is 5.55. The van der Waals surface area contributed by atoms with E-state index in [9.17, 15) is 4.79 Å². The quantitative estimate of drug-likeness (QED) is 0.847. The smallest absolute Gasteiger partial charge is 0.228 e. The van der Waals surface area contributed by atoms with E-state index in [0.717, 1.165) is 45.1 Å². The number of nitrogens with zero attached hydrogens (tertiary/aromatic N) is 1. The molecule has 2 fully saturated rings. The molecule has 0 radical (unpaired) electrons. The van der Waals surface area contributed by atoms with Gasteiger partial charge in [-0.05, 0) is 45.4 Å². The topological polar surface area (TPSA) is 55.6 Å². The highest BCUT2D eigenvalue weighted by Crippen LogP contribution is 2.27. The van der Waals surface area contributed by atoms with Crippen molar-refractivity contribution >= 4 is 5.91 Å². The second kappa shape index (κ2) is 6.71. The Hall–Kier alpha value is -0.610. The maximum atomic E-state index is 12.7. The summed E-state index contributed by atoms with van der Waals surface area (Å²) in [5.74, 6) is 0.392. The molecule has 1 heterocycles. The van der Waals surface area contributed by atoms with Gasteiger partial charge in [0.05, 0.1) is 18.6 Å². The van der Waals surface area contributed by atoms with Crippen LogP contribution >= 0.6 is 0 Å². The van der Waals surface area contributed by atoms with Crippen LogP contribution in [0.25, 0.3) is 0 Å². The van der Waals surface area contributed by atoms with E-state index in [4.69, 9.17) is 10.5 Å². The first-order valence-corrected chi connectivity index (χ1v) is 7.79. The molecule has 4 nitrogen and oxygen atoms in total. The molecule has 2 rings (SSSR count). The summed E-state index contributed by atoms with van der Waals surface area (Å²) in [6.07, 6.45) is 6.37. The van der Waals surface area contributed by atoms with Crippen molar-refractivity contribution in [1.82, 2.24) is 4.90 Å². The minimum atomic E-state index is 0.0807. The number of rotatable bonds is 4. The Kier molecular flexibility index (Phi) is 5.22. The van der Waals surface area contributed by atoms with Crippen LogP contribution in [0.15, 0.2) is 0 Å². The van der Waals surface area contributed by atoms with Gasteiger partial charge in [0.15, 0.2) is 0 Å². The van der Waals surface area contributed by atoms with Crippen molar-refractivity contribution in [2.45, 2.75) is 70.6 Å². The van der Waals surface area contributed by atoms with Crippen molar-refractivity contribution in [3.05, 3.63) is 0 Å². The molecular formula is C15H28N2O2. The van der Waals surface area contributed by atoms with Crippen LogP contribution in [0.4, 0.5) is 0 Å². The van der Waals surface area contributed by atoms with Crippen molar-refractivity contribution < 1.29 is 9.53 Å². The fraction of sp³-hybridized carbons (Fsp3) is 0.933.